The van der Waals surface area contributed by atoms with E-state index in [-0.39, 0.29) is 5.69 Å². The van der Waals surface area contributed by atoms with Crippen LogP contribution < -0.4 is 5.32 Å². The Labute approximate surface area is 124 Å². The molecule has 21 heavy (non-hydrogen) atoms. The maximum absolute atomic E-state index is 11.8. The van der Waals surface area contributed by atoms with Crippen molar-refractivity contribution in [3.63, 3.8) is 0 Å². The Morgan fingerprint density at radius 3 is 2.14 bits per heavy atom. The summed E-state index contributed by atoms with van der Waals surface area (Å²) < 4.78 is 5.22. The van der Waals surface area contributed by atoms with Gasteiger partial charge in [0.15, 0.2) is 0 Å². The highest BCUT2D eigenvalue weighted by molar-refractivity contribution is 5.68. The van der Waals surface area contributed by atoms with Crippen LogP contribution in [0.25, 0.3) is 0 Å². The molecule has 0 aromatic heterocycles. The molecule has 0 bridgehead atoms. The molecule has 6 heteroatoms. The molecule has 1 aromatic rings. The van der Waals surface area contributed by atoms with Crippen molar-refractivity contribution in [1.29, 1.82) is 0 Å². The molecule has 0 spiro atoms. The zero-order valence-corrected chi connectivity index (χ0v) is 13.1. The summed E-state index contributed by atoms with van der Waals surface area (Å²) in [7, 11) is 0. The Balaban J connectivity index is 2.67. The zero-order chi connectivity index (χ0) is 16.3. The van der Waals surface area contributed by atoms with Gasteiger partial charge in [0.05, 0.1) is 4.92 Å². The number of ether oxygens (including phenoxy) is 1. The molecule has 116 valence electrons. The van der Waals surface area contributed by atoms with E-state index in [1.165, 1.54) is 12.1 Å². The minimum atomic E-state index is -0.548. The molecule has 6 nitrogen and oxygen atoms in total. The normalized spacial score (nSPS) is 11.9. The number of alkyl carbamates (subject to hydrolysis) is 1. The number of hydrogen-bond acceptors (Lipinski definition) is 4. The number of carbonyl (C=O) groups is 1. The van der Waals surface area contributed by atoms with E-state index in [2.05, 4.69) is 5.32 Å². The smallest absolute Gasteiger partial charge is 0.408 e. The highest BCUT2D eigenvalue weighted by atomic mass is 16.6. The van der Waals surface area contributed by atoms with Crippen LogP contribution in [0.15, 0.2) is 24.3 Å². The number of nitrogens with one attached hydrogen (secondary N) is 1. The molecule has 0 unspecified atom stereocenters. The Kier molecular flexibility index (Phi) is 4.93. The molecule has 1 rings (SSSR count). The fourth-order valence-electron chi connectivity index (χ4n) is 1.87. The summed E-state index contributed by atoms with van der Waals surface area (Å²) in [6.45, 7) is 9.15. The molecule has 0 radical (unpaired) electrons. The fourth-order valence-corrected chi connectivity index (χ4v) is 1.87. The molecule has 0 aliphatic carbocycles. The minimum absolute atomic E-state index is 0.0525. The number of carbonyl (C=O) groups excluding carboxylic acids is 1. The van der Waals surface area contributed by atoms with Crippen LogP contribution >= 0.6 is 0 Å². The van der Waals surface area contributed by atoms with Crippen molar-refractivity contribution in [2.45, 2.75) is 52.2 Å². The Bertz CT molecular complexity index is 515. The number of nitro benzene ring substituents is 1. The zero-order valence-electron chi connectivity index (χ0n) is 13.1. The number of rotatable bonds is 4. The van der Waals surface area contributed by atoms with Crippen molar-refractivity contribution in [3.8, 4) is 0 Å². The van der Waals surface area contributed by atoms with Gasteiger partial charge in [-0.05, 0) is 46.6 Å². The lowest BCUT2D eigenvalue weighted by atomic mass is 9.95. The van der Waals surface area contributed by atoms with Crippen molar-refractivity contribution in [1.82, 2.24) is 5.32 Å². The average molecular weight is 294 g/mol. The van der Waals surface area contributed by atoms with Gasteiger partial charge < -0.3 is 10.1 Å². The maximum Gasteiger partial charge on any atom is 0.408 e. The summed E-state index contributed by atoms with van der Waals surface area (Å²) in [6.07, 6.45) is 0.0685. The molecule has 0 aliphatic heterocycles. The lowest BCUT2D eigenvalue weighted by Crippen LogP contribution is -2.47. The van der Waals surface area contributed by atoms with Crippen molar-refractivity contribution in [3.05, 3.63) is 39.9 Å². The van der Waals surface area contributed by atoms with Gasteiger partial charge in [-0.1, -0.05) is 12.1 Å². The molecular weight excluding hydrogens is 272 g/mol. The molecule has 0 aliphatic rings. The van der Waals surface area contributed by atoms with Crippen LogP contribution in [-0.4, -0.2) is 22.2 Å². The van der Waals surface area contributed by atoms with E-state index in [4.69, 9.17) is 4.74 Å². The van der Waals surface area contributed by atoms with Crippen molar-refractivity contribution in [2.75, 3.05) is 0 Å². The monoisotopic (exact) mass is 294 g/mol. The molecule has 1 aromatic carbocycles. The van der Waals surface area contributed by atoms with Crippen LogP contribution in [-0.2, 0) is 11.2 Å². The Hall–Kier alpha value is -2.11. The second kappa shape index (κ2) is 6.11. The third kappa shape index (κ3) is 6.25. The van der Waals surface area contributed by atoms with E-state index in [1.807, 2.05) is 13.8 Å². The highest BCUT2D eigenvalue weighted by Gasteiger charge is 2.25. The molecule has 0 saturated carbocycles. The van der Waals surface area contributed by atoms with Crippen molar-refractivity contribution < 1.29 is 14.5 Å². The van der Waals surface area contributed by atoms with E-state index in [0.29, 0.717) is 6.42 Å². The number of benzene rings is 1. The molecule has 0 atom stereocenters. The maximum atomic E-state index is 11.8. The quantitative estimate of drug-likeness (QED) is 0.681. The van der Waals surface area contributed by atoms with Crippen LogP contribution in [0.4, 0.5) is 10.5 Å². The average Bonchev–Trinajstić information content (AvgIpc) is 2.24. The van der Waals surface area contributed by atoms with Gasteiger partial charge >= 0.3 is 6.09 Å². The van der Waals surface area contributed by atoms with Gasteiger partial charge in [0.2, 0.25) is 0 Å². The molecule has 0 fully saturated rings. The van der Waals surface area contributed by atoms with Crippen molar-refractivity contribution >= 4 is 11.8 Å². The van der Waals surface area contributed by atoms with Gasteiger partial charge in [0.1, 0.15) is 5.60 Å². The van der Waals surface area contributed by atoms with Gasteiger partial charge in [-0.15, -0.1) is 0 Å². The van der Waals surface area contributed by atoms with Gasteiger partial charge in [-0.3, -0.25) is 10.1 Å². The van der Waals surface area contributed by atoms with Gasteiger partial charge in [0, 0.05) is 17.7 Å². The topological polar surface area (TPSA) is 81.5 Å². The fraction of sp³-hybridized carbons (Fsp3) is 0.533. The van der Waals surface area contributed by atoms with E-state index in [9.17, 15) is 14.9 Å². The summed E-state index contributed by atoms with van der Waals surface area (Å²) >= 11 is 0. The summed E-state index contributed by atoms with van der Waals surface area (Å²) in [5.74, 6) is 0. The second-order valence-electron chi connectivity index (χ2n) is 6.61. The van der Waals surface area contributed by atoms with Crippen LogP contribution in [0.2, 0.25) is 0 Å². The van der Waals surface area contributed by atoms with Gasteiger partial charge in [-0.25, -0.2) is 4.79 Å². The summed E-state index contributed by atoms with van der Waals surface area (Å²) in [4.78, 5) is 22.0. The number of hydrogen-bond donors (Lipinski definition) is 1. The molecular formula is C15H22N2O4. The lowest BCUT2D eigenvalue weighted by molar-refractivity contribution is -0.384. The van der Waals surface area contributed by atoms with E-state index < -0.39 is 22.2 Å². The third-order valence-corrected chi connectivity index (χ3v) is 2.63. The first-order valence-corrected chi connectivity index (χ1v) is 6.73. The summed E-state index contributed by atoms with van der Waals surface area (Å²) in [6, 6.07) is 6.30. The Morgan fingerprint density at radius 1 is 1.19 bits per heavy atom. The van der Waals surface area contributed by atoms with E-state index in [1.54, 1.807) is 32.9 Å². The number of nitro groups is 1. The Morgan fingerprint density at radius 2 is 1.71 bits per heavy atom. The molecule has 1 N–H and O–H groups in total. The third-order valence-electron chi connectivity index (χ3n) is 2.63. The minimum Gasteiger partial charge on any atom is -0.444 e. The predicted octanol–water partition coefficient (Wildman–Crippen LogP) is 3.44. The van der Waals surface area contributed by atoms with Gasteiger partial charge in [-0.2, -0.15) is 0 Å². The van der Waals surface area contributed by atoms with Crippen LogP contribution in [0, 0.1) is 10.1 Å². The lowest BCUT2D eigenvalue weighted by Gasteiger charge is -2.28. The van der Waals surface area contributed by atoms with Crippen LogP contribution in [0.3, 0.4) is 0 Å². The first kappa shape index (κ1) is 16.9. The SMILES string of the molecule is CC(C)(Cc1ccc([N+](=O)[O-])cc1)NC(=O)OC(C)(C)C. The largest absolute Gasteiger partial charge is 0.444 e. The van der Waals surface area contributed by atoms with Crippen molar-refractivity contribution in [2.24, 2.45) is 0 Å². The van der Waals surface area contributed by atoms with E-state index in [0.717, 1.165) is 5.56 Å². The molecule has 0 saturated heterocycles. The molecule has 0 heterocycles. The number of amides is 1. The number of non-ortho nitro benzene ring substituents is 1. The predicted molar refractivity (Wildman–Crippen MR) is 80.2 cm³/mol. The summed E-state index contributed by atoms with van der Waals surface area (Å²) in [5, 5.41) is 13.4. The number of nitrogens with zero attached hydrogens (tertiary/aromatic N) is 1. The second-order valence-corrected chi connectivity index (χ2v) is 6.61. The van der Waals surface area contributed by atoms with Gasteiger partial charge in [0.25, 0.3) is 5.69 Å². The van der Waals surface area contributed by atoms with Crippen LogP contribution in [0.1, 0.15) is 40.2 Å². The molecule has 1 amide bonds. The summed E-state index contributed by atoms with van der Waals surface area (Å²) in [5.41, 5.74) is -0.107. The van der Waals surface area contributed by atoms with Crippen LogP contribution in [0.5, 0.6) is 0 Å². The standard InChI is InChI=1S/C15H22N2O4/c1-14(2,3)21-13(18)16-15(4,5)10-11-6-8-12(9-7-11)17(19)20/h6-9H,10H2,1-5H3,(H,16,18). The van der Waals surface area contributed by atoms with E-state index >= 15 is 0 Å². The first-order chi connectivity index (χ1) is 9.48. The highest BCUT2D eigenvalue weighted by Crippen LogP contribution is 2.17. The first-order valence-electron chi connectivity index (χ1n) is 6.73.